The first kappa shape index (κ1) is 9.45. The molecule has 0 unspecified atom stereocenters. The predicted octanol–water partition coefficient (Wildman–Crippen LogP) is 1.22. The topological polar surface area (TPSA) is 57.6 Å². The van der Waals surface area contributed by atoms with Crippen LogP contribution in [0.1, 0.15) is 20.7 Å². The van der Waals surface area contributed by atoms with Crippen LogP contribution in [0.15, 0.2) is 12.1 Å². The summed E-state index contributed by atoms with van der Waals surface area (Å²) in [4.78, 5) is 24.0. The summed E-state index contributed by atoms with van der Waals surface area (Å²) in [7, 11) is 1.43. The summed E-state index contributed by atoms with van der Waals surface area (Å²) in [6.07, 6.45) is 0. The van der Waals surface area contributed by atoms with Gasteiger partial charge >= 0.3 is 0 Å². The van der Waals surface area contributed by atoms with E-state index in [4.69, 9.17) is 0 Å². The Labute approximate surface area is 93.7 Å². The summed E-state index contributed by atoms with van der Waals surface area (Å²) in [5.74, 6) is -0.652. The van der Waals surface area contributed by atoms with Gasteiger partial charge in [-0.15, -0.1) is 0 Å². The molecule has 14 heavy (non-hydrogen) atoms. The number of phenolic OH excluding ortho intramolecular Hbond substituents is 1. The van der Waals surface area contributed by atoms with Gasteiger partial charge in [0.05, 0.1) is 14.7 Å². The van der Waals surface area contributed by atoms with Gasteiger partial charge in [-0.05, 0) is 34.7 Å². The van der Waals surface area contributed by atoms with Gasteiger partial charge in [0.1, 0.15) is 5.75 Å². The smallest absolute Gasteiger partial charge is 0.261 e. The third-order valence-corrected chi connectivity index (χ3v) is 3.02. The molecule has 72 valence electrons. The van der Waals surface area contributed by atoms with Crippen molar-refractivity contribution in [2.45, 2.75) is 0 Å². The number of amides is 2. The zero-order valence-electron chi connectivity index (χ0n) is 7.24. The first-order chi connectivity index (χ1) is 6.52. The van der Waals surface area contributed by atoms with Gasteiger partial charge < -0.3 is 5.11 Å². The molecule has 1 aliphatic rings. The van der Waals surface area contributed by atoms with E-state index in [-0.39, 0.29) is 23.1 Å². The molecule has 4 nitrogen and oxygen atoms in total. The van der Waals surface area contributed by atoms with E-state index >= 15 is 0 Å². The molecule has 0 radical (unpaired) electrons. The molecule has 0 atom stereocenters. The van der Waals surface area contributed by atoms with Crippen molar-refractivity contribution in [2.75, 3.05) is 7.05 Å². The van der Waals surface area contributed by atoms with Crippen LogP contribution in [0.4, 0.5) is 0 Å². The zero-order valence-corrected chi connectivity index (χ0v) is 9.40. The predicted molar refractivity (Wildman–Crippen MR) is 57.2 cm³/mol. The standard InChI is InChI=1S/C9H6INO3/c1-11-8(13)4-2-6(10)7(12)3-5(4)9(11)14/h2-3,12H,1H3. The lowest BCUT2D eigenvalue weighted by Crippen LogP contribution is -2.24. The molecular formula is C9H6INO3. The summed E-state index contributed by atoms with van der Waals surface area (Å²) in [6, 6.07) is 2.86. The van der Waals surface area contributed by atoms with Gasteiger partial charge in [0, 0.05) is 7.05 Å². The van der Waals surface area contributed by atoms with Crippen molar-refractivity contribution in [3.63, 3.8) is 0 Å². The van der Waals surface area contributed by atoms with Gasteiger partial charge in [0.15, 0.2) is 0 Å². The second-order valence-electron chi connectivity index (χ2n) is 3.02. The van der Waals surface area contributed by atoms with Crippen LogP contribution < -0.4 is 0 Å². The molecule has 1 heterocycles. The first-order valence-electron chi connectivity index (χ1n) is 3.87. The number of imide groups is 1. The van der Waals surface area contributed by atoms with Gasteiger partial charge in [0.2, 0.25) is 0 Å². The van der Waals surface area contributed by atoms with E-state index in [1.54, 1.807) is 0 Å². The number of nitrogens with zero attached hydrogens (tertiary/aromatic N) is 1. The zero-order chi connectivity index (χ0) is 10.5. The number of halogens is 1. The van der Waals surface area contributed by atoms with Crippen LogP contribution in [0, 0.1) is 3.57 Å². The molecule has 5 heteroatoms. The van der Waals surface area contributed by atoms with E-state index in [0.717, 1.165) is 4.90 Å². The maximum Gasteiger partial charge on any atom is 0.261 e. The number of aromatic hydroxyl groups is 1. The van der Waals surface area contributed by atoms with Crippen molar-refractivity contribution in [2.24, 2.45) is 0 Å². The Morgan fingerprint density at radius 2 is 1.71 bits per heavy atom. The molecule has 1 aliphatic heterocycles. The number of carbonyl (C=O) groups is 2. The quantitative estimate of drug-likeness (QED) is 0.579. The molecular weight excluding hydrogens is 297 g/mol. The van der Waals surface area contributed by atoms with E-state index in [2.05, 4.69) is 0 Å². The fourth-order valence-electron chi connectivity index (χ4n) is 1.37. The molecule has 1 aromatic rings. The molecule has 0 aromatic heterocycles. The van der Waals surface area contributed by atoms with Crippen LogP contribution in [0.3, 0.4) is 0 Å². The minimum Gasteiger partial charge on any atom is -0.507 e. The van der Waals surface area contributed by atoms with Gasteiger partial charge in [-0.3, -0.25) is 14.5 Å². The number of benzene rings is 1. The number of hydrogen-bond acceptors (Lipinski definition) is 3. The highest BCUT2D eigenvalue weighted by molar-refractivity contribution is 14.1. The number of carbonyl (C=O) groups excluding carboxylic acids is 2. The molecule has 2 rings (SSSR count). The third kappa shape index (κ3) is 1.12. The van der Waals surface area contributed by atoms with E-state index < -0.39 is 0 Å². The van der Waals surface area contributed by atoms with Crippen LogP contribution in [0.5, 0.6) is 5.75 Å². The molecule has 0 aliphatic carbocycles. The maximum atomic E-state index is 11.5. The van der Waals surface area contributed by atoms with E-state index in [1.165, 1.54) is 19.2 Å². The van der Waals surface area contributed by atoms with Crippen molar-refractivity contribution >= 4 is 34.4 Å². The lowest BCUT2D eigenvalue weighted by Gasteiger charge is -2.02. The highest BCUT2D eigenvalue weighted by Gasteiger charge is 2.33. The van der Waals surface area contributed by atoms with Gasteiger partial charge in [-0.2, -0.15) is 0 Å². The number of fused-ring (bicyclic) bond motifs is 1. The lowest BCUT2D eigenvalue weighted by molar-refractivity contribution is 0.0693. The highest BCUT2D eigenvalue weighted by Crippen LogP contribution is 2.29. The van der Waals surface area contributed by atoms with Crippen molar-refractivity contribution in [1.82, 2.24) is 4.90 Å². The SMILES string of the molecule is CN1C(=O)c2cc(O)c(I)cc2C1=O. The van der Waals surface area contributed by atoms with Gasteiger partial charge in [0.25, 0.3) is 11.8 Å². The normalized spacial score (nSPS) is 14.9. The summed E-state index contributed by atoms with van der Waals surface area (Å²) in [5.41, 5.74) is 0.634. The Hall–Kier alpha value is -1.11. The molecule has 1 N–H and O–H groups in total. The fourth-order valence-corrected chi connectivity index (χ4v) is 1.84. The van der Waals surface area contributed by atoms with E-state index in [0.29, 0.717) is 9.13 Å². The van der Waals surface area contributed by atoms with E-state index in [9.17, 15) is 14.7 Å². The average Bonchev–Trinajstić information content (AvgIpc) is 2.34. The monoisotopic (exact) mass is 303 g/mol. The maximum absolute atomic E-state index is 11.5. The van der Waals surface area contributed by atoms with Gasteiger partial charge in [-0.25, -0.2) is 0 Å². The number of phenols is 1. The molecule has 0 fully saturated rings. The molecule has 2 amide bonds. The fraction of sp³-hybridized carbons (Fsp3) is 0.111. The second kappa shape index (κ2) is 2.94. The Morgan fingerprint density at radius 1 is 1.21 bits per heavy atom. The first-order valence-corrected chi connectivity index (χ1v) is 4.95. The van der Waals surface area contributed by atoms with Crippen molar-refractivity contribution in [3.8, 4) is 5.75 Å². The Morgan fingerprint density at radius 3 is 2.29 bits per heavy atom. The van der Waals surface area contributed by atoms with E-state index in [1.807, 2.05) is 22.6 Å². The summed E-state index contributed by atoms with van der Waals surface area (Å²) in [6.45, 7) is 0. The minimum absolute atomic E-state index is 0.0285. The summed E-state index contributed by atoms with van der Waals surface area (Å²) in [5, 5.41) is 9.38. The minimum atomic E-state index is -0.364. The Bertz CT molecular complexity index is 415. The van der Waals surface area contributed by atoms with Crippen LogP contribution in [0.2, 0.25) is 0 Å². The number of rotatable bonds is 0. The van der Waals surface area contributed by atoms with Gasteiger partial charge in [-0.1, -0.05) is 0 Å². The second-order valence-corrected chi connectivity index (χ2v) is 4.18. The Kier molecular flexibility index (Phi) is 1.99. The van der Waals surface area contributed by atoms with Crippen LogP contribution in [-0.2, 0) is 0 Å². The Balaban J connectivity index is 2.71. The van der Waals surface area contributed by atoms with Crippen molar-refractivity contribution in [1.29, 1.82) is 0 Å². The molecule has 0 saturated carbocycles. The summed E-state index contributed by atoms with van der Waals surface area (Å²) >= 11 is 1.91. The van der Waals surface area contributed by atoms with Crippen LogP contribution >= 0.6 is 22.6 Å². The van der Waals surface area contributed by atoms with Crippen molar-refractivity contribution < 1.29 is 14.7 Å². The molecule has 0 saturated heterocycles. The third-order valence-electron chi connectivity index (χ3n) is 2.16. The molecule has 0 bridgehead atoms. The summed E-state index contributed by atoms with van der Waals surface area (Å²) < 4.78 is 0.567. The lowest BCUT2D eigenvalue weighted by atomic mass is 10.1. The highest BCUT2D eigenvalue weighted by atomic mass is 127. The van der Waals surface area contributed by atoms with Crippen LogP contribution in [-0.4, -0.2) is 28.9 Å². The average molecular weight is 303 g/mol. The molecule has 0 spiro atoms. The van der Waals surface area contributed by atoms with Crippen LogP contribution in [0.25, 0.3) is 0 Å². The van der Waals surface area contributed by atoms with Crippen molar-refractivity contribution in [3.05, 3.63) is 26.8 Å². The molecule has 1 aromatic carbocycles. The largest absolute Gasteiger partial charge is 0.507 e. The number of hydrogen-bond donors (Lipinski definition) is 1.